The summed E-state index contributed by atoms with van der Waals surface area (Å²) in [7, 11) is 0. The molecule has 0 aliphatic carbocycles. The lowest BCUT2D eigenvalue weighted by Gasteiger charge is -2.09. The highest BCUT2D eigenvalue weighted by Crippen LogP contribution is 2.26. The van der Waals surface area contributed by atoms with Crippen molar-refractivity contribution in [1.82, 2.24) is 0 Å². The second-order valence-corrected chi connectivity index (χ2v) is 5.38. The van der Waals surface area contributed by atoms with Gasteiger partial charge in [0.25, 0.3) is 0 Å². The van der Waals surface area contributed by atoms with E-state index in [1.165, 1.54) is 0 Å². The monoisotopic (exact) mass is 325 g/mol. The Bertz CT molecular complexity index is 572. The molecule has 0 saturated carbocycles. The number of rotatable bonds is 3. The SMILES string of the molecule is Cc1ccc(NCc2ccc(O)c(Br)c2)c(Cl)c1. The van der Waals surface area contributed by atoms with E-state index in [0.717, 1.165) is 16.8 Å². The number of nitrogens with one attached hydrogen (secondary N) is 1. The number of aromatic hydroxyl groups is 1. The van der Waals surface area contributed by atoms with Crippen molar-refractivity contribution in [1.29, 1.82) is 0 Å². The van der Waals surface area contributed by atoms with E-state index in [2.05, 4.69) is 21.2 Å². The van der Waals surface area contributed by atoms with Gasteiger partial charge in [0.1, 0.15) is 5.75 Å². The summed E-state index contributed by atoms with van der Waals surface area (Å²) < 4.78 is 0.691. The molecule has 2 N–H and O–H groups in total. The fourth-order valence-electron chi connectivity index (χ4n) is 1.62. The summed E-state index contributed by atoms with van der Waals surface area (Å²) in [6, 6.07) is 11.3. The molecular formula is C14H13BrClNO. The van der Waals surface area contributed by atoms with Crippen molar-refractivity contribution in [3.8, 4) is 5.75 Å². The standard InChI is InChI=1S/C14H13BrClNO/c1-9-2-4-13(12(16)6-9)17-8-10-3-5-14(18)11(15)7-10/h2-7,17-18H,8H2,1H3. The highest BCUT2D eigenvalue weighted by molar-refractivity contribution is 9.10. The quantitative estimate of drug-likeness (QED) is 0.854. The molecule has 0 aliphatic heterocycles. The molecule has 0 spiro atoms. The minimum Gasteiger partial charge on any atom is -0.507 e. The predicted molar refractivity (Wildman–Crippen MR) is 79.3 cm³/mol. The second-order valence-electron chi connectivity index (χ2n) is 4.12. The van der Waals surface area contributed by atoms with Crippen molar-refractivity contribution in [3.63, 3.8) is 0 Å². The molecule has 0 radical (unpaired) electrons. The van der Waals surface area contributed by atoms with Gasteiger partial charge in [-0.2, -0.15) is 0 Å². The third-order valence-electron chi connectivity index (χ3n) is 2.62. The molecule has 0 aliphatic rings. The van der Waals surface area contributed by atoms with Crippen LogP contribution in [0.5, 0.6) is 5.75 Å². The lowest BCUT2D eigenvalue weighted by atomic mass is 10.2. The summed E-state index contributed by atoms with van der Waals surface area (Å²) in [4.78, 5) is 0. The minimum absolute atomic E-state index is 0.243. The molecule has 0 amide bonds. The summed E-state index contributed by atoms with van der Waals surface area (Å²) in [5.74, 6) is 0.243. The van der Waals surface area contributed by atoms with Crippen LogP contribution < -0.4 is 5.32 Å². The molecule has 2 rings (SSSR count). The van der Waals surface area contributed by atoms with Crippen LogP contribution in [0.25, 0.3) is 0 Å². The lowest BCUT2D eigenvalue weighted by molar-refractivity contribution is 0.471. The van der Waals surface area contributed by atoms with Crippen LogP contribution in [-0.2, 0) is 6.54 Å². The maximum Gasteiger partial charge on any atom is 0.129 e. The molecule has 2 aromatic rings. The van der Waals surface area contributed by atoms with Gasteiger partial charge in [0.2, 0.25) is 0 Å². The van der Waals surface area contributed by atoms with Crippen molar-refractivity contribution in [2.45, 2.75) is 13.5 Å². The van der Waals surface area contributed by atoms with Crippen LogP contribution in [0, 0.1) is 6.92 Å². The average Bonchev–Trinajstić information content (AvgIpc) is 2.32. The van der Waals surface area contributed by atoms with Crippen LogP contribution in [0.15, 0.2) is 40.9 Å². The Morgan fingerprint density at radius 3 is 2.67 bits per heavy atom. The highest BCUT2D eigenvalue weighted by Gasteiger charge is 2.02. The highest BCUT2D eigenvalue weighted by atomic mass is 79.9. The number of aryl methyl sites for hydroxylation is 1. The van der Waals surface area contributed by atoms with Gasteiger partial charge in [0, 0.05) is 6.54 Å². The van der Waals surface area contributed by atoms with Crippen molar-refractivity contribution in [3.05, 3.63) is 57.0 Å². The Morgan fingerprint density at radius 2 is 2.00 bits per heavy atom. The van der Waals surface area contributed by atoms with E-state index in [1.807, 2.05) is 37.3 Å². The van der Waals surface area contributed by atoms with Gasteiger partial charge in [-0.3, -0.25) is 0 Å². The molecule has 2 aromatic carbocycles. The van der Waals surface area contributed by atoms with Crippen molar-refractivity contribution >= 4 is 33.2 Å². The fourth-order valence-corrected chi connectivity index (χ4v) is 2.35. The first-order chi connectivity index (χ1) is 8.56. The zero-order valence-corrected chi connectivity index (χ0v) is 12.2. The zero-order valence-electron chi connectivity index (χ0n) is 9.87. The van der Waals surface area contributed by atoms with Crippen LogP contribution in [0.1, 0.15) is 11.1 Å². The van der Waals surface area contributed by atoms with Gasteiger partial charge in [0.15, 0.2) is 0 Å². The summed E-state index contributed by atoms with van der Waals surface area (Å²) in [5, 5.41) is 13.4. The Hall–Kier alpha value is -1.19. The van der Waals surface area contributed by atoms with Crippen LogP contribution in [0.4, 0.5) is 5.69 Å². The summed E-state index contributed by atoms with van der Waals surface area (Å²) in [6.45, 7) is 2.66. The van der Waals surface area contributed by atoms with Crippen molar-refractivity contribution in [2.24, 2.45) is 0 Å². The molecule has 0 bridgehead atoms. The van der Waals surface area contributed by atoms with E-state index in [-0.39, 0.29) is 5.75 Å². The van der Waals surface area contributed by atoms with Gasteiger partial charge < -0.3 is 10.4 Å². The van der Waals surface area contributed by atoms with Gasteiger partial charge in [-0.25, -0.2) is 0 Å². The summed E-state index contributed by atoms with van der Waals surface area (Å²) >= 11 is 9.43. The van der Waals surface area contributed by atoms with Crippen LogP contribution in [0.3, 0.4) is 0 Å². The number of halogens is 2. The molecule has 0 aromatic heterocycles. The Morgan fingerprint density at radius 1 is 1.22 bits per heavy atom. The Kier molecular flexibility index (Phi) is 4.15. The maximum absolute atomic E-state index is 9.42. The summed E-state index contributed by atoms with van der Waals surface area (Å²) in [6.07, 6.45) is 0. The van der Waals surface area contributed by atoms with E-state index in [1.54, 1.807) is 6.07 Å². The molecule has 18 heavy (non-hydrogen) atoms. The topological polar surface area (TPSA) is 32.3 Å². The molecule has 0 saturated heterocycles. The molecular weight excluding hydrogens is 314 g/mol. The second kappa shape index (κ2) is 5.63. The molecule has 2 nitrogen and oxygen atoms in total. The maximum atomic E-state index is 9.42. The van der Waals surface area contributed by atoms with Crippen LogP contribution in [0.2, 0.25) is 5.02 Å². The zero-order chi connectivity index (χ0) is 13.1. The van der Waals surface area contributed by atoms with Gasteiger partial charge >= 0.3 is 0 Å². The first-order valence-electron chi connectivity index (χ1n) is 5.53. The fraction of sp³-hybridized carbons (Fsp3) is 0.143. The van der Waals surface area contributed by atoms with Gasteiger partial charge in [-0.1, -0.05) is 23.7 Å². The van der Waals surface area contributed by atoms with Crippen molar-refractivity contribution < 1.29 is 5.11 Å². The van der Waals surface area contributed by atoms with E-state index in [4.69, 9.17) is 11.6 Å². The largest absolute Gasteiger partial charge is 0.507 e. The lowest BCUT2D eigenvalue weighted by Crippen LogP contribution is -2.00. The van der Waals surface area contributed by atoms with Crippen LogP contribution >= 0.6 is 27.5 Å². The number of phenolic OH excluding ortho intramolecular Hbond substituents is 1. The van der Waals surface area contributed by atoms with E-state index in [9.17, 15) is 5.11 Å². The van der Waals surface area contributed by atoms with Gasteiger partial charge in [-0.05, 0) is 58.2 Å². The van der Waals surface area contributed by atoms with Gasteiger partial charge in [0.05, 0.1) is 15.2 Å². The Labute approximate surface area is 120 Å². The number of benzene rings is 2. The first kappa shape index (κ1) is 13.2. The molecule has 0 fully saturated rings. The number of hydrogen-bond donors (Lipinski definition) is 2. The molecule has 0 heterocycles. The van der Waals surface area contributed by atoms with E-state index in [0.29, 0.717) is 16.0 Å². The molecule has 0 atom stereocenters. The van der Waals surface area contributed by atoms with E-state index >= 15 is 0 Å². The molecule has 0 unspecified atom stereocenters. The van der Waals surface area contributed by atoms with Crippen molar-refractivity contribution in [2.75, 3.05) is 5.32 Å². The average molecular weight is 327 g/mol. The number of hydrogen-bond acceptors (Lipinski definition) is 2. The number of phenols is 1. The molecule has 94 valence electrons. The third kappa shape index (κ3) is 3.18. The summed E-state index contributed by atoms with van der Waals surface area (Å²) in [5.41, 5.74) is 3.11. The predicted octanol–water partition coefficient (Wildman–Crippen LogP) is 4.73. The smallest absolute Gasteiger partial charge is 0.129 e. The molecule has 4 heteroatoms. The third-order valence-corrected chi connectivity index (χ3v) is 3.57. The number of anilines is 1. The van der Waals surface area contributed by atoms with Gasteiger partial charge in [-0.15, -0.1) is 0 Å². The van der Waals surface area contributed by atoms with E-state index < -0.39 is 0 Å². The Balaban J connectivity index is 2.09. The minimum atomic E-state index is 0.243. The first-order valence-corrected chi connectivity index (χ1v) is 6.71. The van der Waals surface area contributed by atoms with Crippen LogP contribution in [-0.4, -0.2) is 5.11 Å². The normalized spacial score (nSPS) is 10.4.